The number of nitrogens with zero attached hydrogens (tertiary/aromatic N) is 2. The van der Waals surface area contributed by atoms with Gasteiger partial charge in [0.15, 0.2) is 0 Å². The maximum Gasteiger partial charge on any atom is 1.00 e. The van der Waals surface area contributed by atoms with Gasteiger partial charge in [-0.1, -0.05) is 44.3 Å². The van der Waals surface area contributed by atoms with E-state index in [4.69, 9.17) is 0 Å². The van der Waals surface area contributed by atoms with Crippen molar-refractivity contribution in [3.8, 4) is 0 Å². The molecule has 0 bridgehead atoms. The first kappa shape index (κ1) is 21.9. The predicted octanol–water partition coefficient (Wildman–Crippen LogP) is 1.31. The van der Waals surface area contributed by atoms with Crippen molar-refractivity contribution in [1.82, 2.24) is 9.80 Å². The second-order valence-corrected chi connectivity index (χ2v) is 6.53. The number of hydrogen-bond donors (Lipinski definition) is 0. The van der Waals surface area contributed by atoms with Gasteiger partial charge in [0.05, 0.1) is 0 Å². The van der Waals surface area contributed by atoms with E-state index < -0.39 is 0 Å². The Morgan fingerprint density at radius 2 is 1.73 bits per heavy atom. The summed E-state index contributed by atoms with van der Waals surface area (Å²) < 4.78 is 0. The van der Waals surface area contributed by atoms with Crippen molar-refractivity contribution >= 4 is 0 Å². The van der Waals surface area contributed by atoms with E-state index in [0.717, 1.165) is 19.4 Å². The van der Waals surface area contributed by atoms with Gasteiger partial charge in [-0.3, -0.25) is 4.90 Å². The Kier molecular flexibility index (Phi) is 13.2. The third-order valence-electron chi connectivity index (χ3n) is 4.27. The molecule has 1 rings (SSSR count). The van der Waals surface area contributed by atoms with Crippen molar-refractivity contribution in [1.29, 1.82) is 0 Å². The fourth-order valence-electron chi connectivity index (χ4n) is 2.73. The Balaban J connectivity index is 0.00000441. The SMILES string of the molecule is [CH2-]/C(=C/CCCCC)CC/C=C(\C)CN1CCN(C)CC1.[Li+]. The van der Waals surface area contributed by atoms with Crippen LogP contribution in [0.4, 0.5) is 0 Å². The van der Waals surface area contributed by atoms with E-state index in [1.807, 2.05) is 0 Å². The monoisotopic (exact) mass is 298 g/mol. The van der Waals surface area contributed by atoms with Gasteiger partial charge in [0.2, 0.25) is 0 Å². The molecule has 0 aromatic heterocycles. The summed E-state index contributed by atoms with van der Waals surface area (Å²) in [6.45, 7) is 14.7. The molecule has 1 aliphatic rings. The molecule has 0 unspecified atom stereocenters. The molecule has 3 heteroatoms. The van der Waals surface area contributed by atoms with Crippen LogP contribution in [0.25, 0.3) is 0 Å². The number of allylic oxidation sites excluding steroid dienone is 3. The Morgan fingerprint density at radius 1 is 1.05 bits per heavy atom. The number of unbranched alkanes of at least 4 members (excludes halogenated alkanes) is 3. The van der Waals surface area contributed by atoms with Gasteiger partial charge < -0.3 is 4.90 Å². The van der Waals surface area contributed by atoms with Crippen LogP contribution in [0.3, 0.4) is 0 Å². The molecule has 22 heavy (non-hydrogen) atoms. The molecule has 0 spiro atoms. The van der Waals surface area contributed by atoms with Gasteiger partial charge in [-0.2, -0.15) is 0 Å². The molecule has 0 aromatic carbocycles. The van der Waals surface area contributed by atoms with Crippen molar-refractivity contribution in [3.05, 3.63) is 30.2 Å². The molecule has 0 saturated carbocycles. The molecule has 0 atom stereocenters. The van der Waals surface area contributed by atoms with Crippen molar-refractivity contribution in [2.24, 2.45) is 0 Å². The van der Waals surface area contributed by atoms with Gasteiger partial charge in [-0.25, -0.2) is 18.6 Å². The molecule has 1 fully saturated rings. The molecule has 122 valence electrons. The summed E-state index contributed by atoms with van der Waals surface area (Å²) in [4.78, 5) is 4.98. The smallest absolute Gasteiger partial charge is 0.304 e. The summed E-state index contributed by atoms with van der Waals surface area (Å²) in [5, 5.41) is 0. The molecular weight excluding hydrogens is 263 g/mol. The van der Waals surface area contributed by atoms with Gasteiger partial charge >= 0.3 is 18.9 Å². The fourth-order valence-corrected chi connectivity index (χ4v) is 2.73. The van der Waals surface area contributed by atoms with Crippen LogP contribution >= 0.6 is 0 Å². The van der Waals surface area contributed by atoms with Crippen LogP contribution in [0.5, 0.6) is 0 Å². The van der Waals surface area contributed by atoms with E-state index in [1.165, 1.54) is 63.0 Å². The van der Waals surface area contributed by atoms with Crippen LogP contribution in [0.2, 0.25) is 0 Å². The van der Waals surface area contributed by atoms with Crippen LogP contribution in [0.15, 0.2) is 23.3 Å². The predicted molar refractivity (Wildman–Crippen MR) is 94.5 cm³/mol. The third kappa shape index (κ3) is 10.6. The molecule has 0 aliphatic carbocycles. The molecule has 1 saturated heterocycles. The minimum atomic E-state index is 0. The van der Waals surface area contributed by atoms with Crippen LogP contribution in [0.1, 0.15) is 52.4 Å². The van der Waals surface area contributed by atoms with E-state index in [2.05, 4.69) is 49.8 Å². The number of likely N-dealkylation sites (N-methyl/N-ethyl adjacent to an activating group) is 1. The molecule has 1 aliphatic heterocycles. The maximum atomic E-state index is 4.17. The van der Waals surface area contributed by atoms with Crippen molar-refractivity contribution in [3.63, 3.8) is 0 Å². The van der Waals surface area contributed by atoms with E-state index in [9.17, 15) is 0 Å². The second-order valence-electron chi connectivity index (χ2n) is 6.53. The average Bonchev–Trinajstić information content (AvgIpc) is 2.46. The molecule has 1 heterocycles. The third-order valence-corrected chi connectivity index (χ3v) is 4.27. The van der Waals surface area contributed by atoms with Crippen LogP contribution in [-0.4, -0.2) is 49.6 Å². The molecule has 0 aromatic rings. The molecule has 2 nitrogen and oxygen atoms in total. The van der Waals surface area contributed by atoms with Crippen molar-refractivity contribution in [2.45, 2.75) is 52.4 Å². The van der Waals surface area contributed by atoms with Crippen LogP contribution in [-0.2, 0) is 0 Å². The van der Waals surface area contributed by atoms with Crippen LogP contribution in [0, 0.1) is 6.92 Å². The minimum Gasteiger partial charge on any atom is -0.304 e. The maximum absolute atomic E-state index is 4.17. The summed E-state index contributed by atoms with van der Waals surface area (Å²) in [5.41, 5.74) is 2.83. The molecular formula is C19H35LiN2. The quantitative estimate of drug-likeness (QED) is 0.274. The Hall–Kier alpha value is -0.133. The van der Waals surface area contributed by atoms with Gasteiger partial charge in [0, 0.05) is 32.7 Å². The fraction of sp³-hybridized carbons (Fsp3) is 0.737. The topological polar surface area (TPSA) is 6.48 Å². The number of rotatable bonds is 9. The summed E-state index contributed by atoms with van der Waals surface area (Å²) in [5.74, 6) is 0. The molecule has 0 amide bonds. The Bertz CT molecular complexity index is 328. The van der Waals surface area contributed by atoms with E-state index >= 15 is 0 Å². The largest absolute Gasteiger partial charge is 1.00 e. The second kappa shape index (κ2) is 13.3. The van der Waals surface area contributed by atoms with Crippen molar-refractivity contribution in [2.75, 3.05) is 39.8 Å². The molecule has 0 radical (unpaired) electrons. The van der Waals surface area contributed by atoms with E-state index in [1.54, 1.807) is 0 Å². The van der Waals surface area contributed by atoms with Gasteiger partial charge in [0.25, 0.3) is 0 Å². The number of piperazine rings is 1. The normalized spacial score (nSPS) is 18.3. The number of hydrogen-bond acceptors (Lipinski definition) is 2. The van der Waals surface area contributed by atoms with Crippen LogP contribution < -0.4 is 18.9 Å². The Labute approximate surface area is 151 Å². The molecule has 0 N–H and O–H groups in total. The zero-order valence-corrected chi connectivity index (χ0v) is 15.5. The van der Waals surface area contributed by atoms with E-state index in [-0.39, 0.29) is 18.9 Å². The first-order chi connectivity index (χ1) is 10.1. The summed E-state index contributed by atoms with van der Waals surface area (Å²) in [6, 6.07) is 0. The van der Waals surface area contributed by atoms with Gasteiger partial charge in [0.1, 0.15) is 0 Å². The van der Waals surface area contributed by atoms with Crippen molar-refractivity contribution < 1.29 is 18.9 Å². The average molecular weight is 298 g/mol. The standard InChI is InChI=1S/C19H35N2.Li/c1-5-6-7-8-10-18(2)11-9-12-19(3)17-21-15-13-20(4)14-16-21;/h10,12H,2,5-9,11,13-17H2,1,3-4H3;/q-1;+1/b18-10-,19-12+;. The zero-order chi connectivity index (χ0) is 15.5. The summed E-state index contributed by atoms with van der Waals surface area (Å²) in [7, 11) is 2.21. The summed E-state index contributed by atoms with van der Waals surface area (Å²) >= 11 is 0. The zero-order valence-electron chi connectivity index (χ0n) is 15.5. The van der Waals surface area contributed by atoms with Gasteiger partial charge in [-0.05, 0) is 20.4 Å². The van der Waals surface area contributed by atoms with Gasteiger partial charge in [-0.15, -0.1) is 6.42 Å². The summed E-state index contributed by atoms with van der Waals surface area (Å²) in [6.07, 6.45) is 12.2. The first-order valence-electron chi connectivity index (χ1n) is 8.69. The van der Waals surface area contributed by atoms with E-state index in [0.29, 0.717) is 0 Å². The first-order valence-corrected chi connectivity index (χ1v) is 8.69. The Morgan fingerprint density at radius 3 is 2.36 bits per heavy atom. The minimum absolute atomic E-state index is 0.